The van der Waals surface area contributed by atoms with Crippen LogP contribution in [-0.4, -0.2) is 50.5 Å². The first-order valence-electron chi connectivity index (χ1n) is 5.34. The van der Waals surface area contributed by atoms with Crippen molar-refractivity contribution in [2.45, 2.75) is 25.8 Å². The third-order valence-electron chi connectivity index (χ3n) is 1.92. The van der Waals surface area contributed by atoms with E-state index in [1.807, 2.05) is 6.92 Å². The van der Waals surface area contributed by atoms with Crippen molar-refractivity contribution < 1.29 is 14.6 Å². The summed E-state index contributed by atoms with van der Waals surface area (Å²) >= 11 is 0. The molecule has 1 unspecified atom stereocenters. The van der Waals surface area contributed by atoms with E-state index >= 15 is 0 Å². The van der Waals surface area contributed by atoms with Crippen LogP contribution in [0, 0.1) is 0 Å². The molecule has 3 N–H and O–H groups in total. The fourth-order valence-corrected chi connectivity index (χ4v) is 1.21. The number of carbonyl (C=O) groups is 1. The smallest absolute Gasteiger partial charge is 0.234 e. The van der Waals surface area contributed by atoms with Gasteiger partial charge in [0.25, 0.3) is 0 Å². The molecule has 5 nitrogen and oxygen atoms in total. The number of ether oxygens (including phenoxy) is 1. The Morgan fingerprint density at radius 1 is 1.53 bits per heavy atom. The molecule has 0 saturated heterocycles. The Hall–Kier alpha value is -0.650. The van der Waals surface area contributed by atoms with Gasteiger partial charge in [0, 0.05) is 13.7 Å². The van der Waals surface area contributed by atoms with Crippen LogP contribution in [0.4, 0.5) is 0 Å². The Morgan fingerprint density at radius 2 is 2.27 bits per heavy atom. The summed E-state index contributed by atoms with van der Waals surface area (Å²) < 4.78 is 4.94. The summed E-state index contributed by atoms with van der Waals surface area (Å²) in [5.74, 6) is -0.0565. The Labute approximate surface area is 91.2 Å². The van der Waals surface area contributed by atoms with E-state index in [0.29, 0.717) is 19.6 Å². The number of carbonyl (C=O) groups excluding carboxylic acids is 1. The van der Waals surface area contributed by atoms with Crippen molar-refractivity contribution in [1.82, 2.24) is 10.6 Å². The molecule has 0 saturated carbocycles. The molecule has 0 aliphatic heterocycles. The molecule has 1 atom stereocenters. The number of hydrogen-bond donors (Lipinski definition) is 3. The van der Waals surface area contributed by atoms with E-state index in [9.17, 15) is 4.79 Å². The lowest BCUT2D eigenvalue weighted by Gasteiger charge is -2.16. The molecule has 0 aromatic carbocycles. The summed E-state index contributed by atoms with van der Waals surface area (Å²) in [5, 5.41) is 14.6. The van der Waals surface area contributed by atoms with E-state index in [1.54, 1.807) is 7.11 Å². The van der Waals surface area contributed by atoms with Crippen LogP contribution < -0.4 is 10.6 Å². The van der Waals surface area contributed by atoms with E-state index in [-0.39, 0.29) is 18.6 Å². The third kappa shape index (κ3) is 8.35. The second kappa shape index (κ2) is 9.89. The molecule has 0 aliphatic rings. The normalized spacial score (nSPS) is 12.5. The minimum Gasteiger partial charge on any atom is -0.396 e. The van der Waals surface area contributed by atoms with Crippen LogP contribution in [-0.2, 0) is 9.53 Å². The Kier molecular flexibility index (Phi) is 9.46. The molecule has 90 valence electrons. The number of rotatable bonds is 9. The van der Waals surface area contributed by atoms with Gasteiger partial charge in [-0.05, 0) is 19.4 Å². The Morgan fingerprint density at radius 3 is 2.80 bits per heavy atom. The van der Waals surface area contributed by atoms with Crippen molar-refractivity contribution in [1.29, 1.82) is 0 Å². The van der Waals surface area contributed by atoms with E-state index in [4.69, 9.17) is 9.84 Å². The second-order valence-corrected chi connectivity index (χ2v) is 3.41. The molecule has 0 spiro atoms. The molecule has 0 rings (SSSR count). The quantitative estimate of drug-likeness (QED) is 0.456. The SMILES string of the molecule is CCCNCC(=O)NC(CCO)COC. The highest BCUT2D eigenvalue weighted by Crippen LogP contribution is 1.91. The van der Waals surface area contributed by atoms with Gasteiger partial charge in [-0.25, -0.2) is 0 Å². The molecule has 0 aromatic heterocycles. The lowest BCUT2D eigenvalue weighted by molar-refractivity contribution is -0.121. The molecule has 15 heavy (non-hydrogen) atoms. The molecule has 0 fully saturated rings. The molecule has 0 bridgehead atoms. The predicted octanol–water partition coefficient (Wildman–Crippen LogP) is -0.500. The third-order valence-corrected chi connectivity index (χ3v) is 1.92. The number of nitrogens with one attached hydrogen (secondary N) is 2. The van der Waals surface area contributed by atoms with Gasteiger partial charge >= 0.3 is 0 Å². The van der Waals surface area contributed by atoms with Crippen molar-refractivity contribution in [2.75, 3.05) is 33.4 Å². The first-order valence-corrected chi connectivity index (χ1v) is 5.34. The second-order valence-electron chi connectivity index (χ2n) is 3.41. The fraction of sp³-hybridized carbons (Fsp3) is 0.900. The van der Waals surface area contributed by atoms with E-state index in [2.05, 4.69) is 10.6 Å². The zero-order valence-electron chi connectivity index (χ0n) is 9.58. The summed E-state index contributed by atoms with van der Waals surface area (Å²) in [5.41, 5.74) is 0. The van der Waals surface area contributed by atoms with Crippen molar-refractivity contribution in [3.63, 3.8) is 0 Å². The zero-order valence-corrected chi connectivity index (χ0v) is 9.58. The topological polar surface area (TPSA) is 70.6 Å². The van der Waals surface area contributed by atoms with Crippen molar-refractivity contribution in [2.24, 2.45) is 0 Å². The van der Waals surface area contributed by atoms with Gasteiger partial charge in [0.1, 0.15) is 0 Å². The highest BCUT2D eigenvalue weighted by Gasteiger charge is 2.10. The van der Waals surface area contributed by atoms with Gasteiger partial charge in [-0.15, -0.1) is 0 Å². The number of aliphatic hydroxyl groups excluding tert-OH is 1. The van der Waals surface area contributed by atoms with Crippen LogP contribution in [0.3, 0.4) is 0 Å². The maximum absolute atomic E-state index is 11.4. The van der Waals surface area contributed by atoms with E-state index in [0.717, 1.165) is 13.0 Å². The first kappa shape index (κ1) is 14.3. The number of hydrogen-bond acceptors (Lipinski definition) is 4. The summed E-state index contributed by atoms with van der Waals surface area (Å²) in [6.45, 7) is 3.68. The monoisotopic (exact) mass is 218 g/mol. The molecular formula is C10H22N2O3. The highest BCUT2D eigenvalue weighted by atomic mass is 16.5. The van der Waals surface area contributed by atoms with Gasteiger partial charge in [0.2, 0.25) is 5.91 Å². The Balaban J connectivity index is 3.67. The maximum Gasteiger partial charge on any atom is 0.234 e. The minimum absolute atomic E-state index is 0.0523. The largest absolute Gasteiger partial charge is 0.396 e. The Bertz CT molecular complexity index is 159. The van der Waals surface area contributed by atoms with Gasteiger partial charge < -0.3 is 20.5 Å². The zero-order chi connectivity index (χ0) is 11.5. The van der Waals surface area contributed by atoms with Gasteiger partial charge in [-0.3, -0.25) is 4.79 Å². The molecule has 0 aromatic rings. The lowest BCUT2D eigenvalue weighted by Crippen LogP contribution is -2.43. The van der Waals surface area contributed by atoms with Crippen molar-refractivity contribution in [3.8, 4) is 0 Å². The van der Waals surface area contributed by atoms with Gasteiger partial charge in [0.05, 0.1) is 19.2 Å². The van der Waals surface area contributed by atoms with Gasteiger partial charge in [-0.1, -0.05) is 6.92 Å². The molecule has 0 aliphatic carbocycles. The maximum atomic E-state index is 11.4. The summed E-state index contributed by atoms with van der Waals surface area (Å²) in [6.07, 6.45) is 1.53. The molecule has 1 amide bonds. The predicted molar refractivity (Wildman–Crippen MR) is 58.7 cm³/mol. The number of amides is 1. The molecule has 0 radical (unpaired) electrons. The fourth-order valence-electron chi connectivity index (χ4n) is 1.21. The summed E-state index contributed by atoms with van der Waals surface area (Å²) in [7, 11) is 1.58. The minimum atomic E-state index is -0.101. The lowest BCUT2D eigenvalue weighted by atomic mass is 10.2. The highest BCUT2D eigenvalue weighted by molar-refractivity contribution is 5.78. The van der Waals surface area contributed by atoms with E-state index < -0.39 is 0 Å². The number of methoxy groups -OCH3 is 1. The van der Waals surface area contributed by atoms with Crippen LogP contribution in [0.25, 0.3) is 0 Å². The first-order chi connectivity index (χ1) is 7.24. The van der Waals surface area contributed by atoms with Crippen LogP contribution in [0.5, 0.6) is 0 Å². The van der Waals surface area contributed by atoms with Crippen molar-refractivity contribution >= 4 is 5.91 Å². The van der Waals surface area contributed by atoms with Crippen LogP contribution in [0.15, 0.2) is 0 Å². The molecule has 0 heterocycles. The number of aliphatic hydroxyl groups is 1. The van der Waals surface area contributed by atoms with Crippen LogP contribution in [0.2, 0.25) is 0 Å². The van der Waals surface area contributed by atoms with Crippen LogP contribution in [0.1, 0.15) is 19.8 Å². The summed E-state index contributed by atoms with van der Waals surface area (Å²) in [6, 6.07) is -0.101. The summed E-state index contributed by atoms with van der Waals surface area (Å²) in [4.78, 5) is 11.4. The van der Waals surface area contributed by atoms with E-state index in [1.165, 1.54) is 0 Å². The standard InChI is InChI=1S/C10H22N2O3/c1-3-5-11-7-10(14)12-9(4-6-13)8-15-2/h9,11,13H,3-8H2,1-2H3,(H,12,14). The van der Waals surface area contributed by atoms with Gasteiger partial charge in [0.15, 0.2) is 0 Å². The van der Waals surface area contributed by atoms with Crippen LogP contribution >= 0.6 is 0 Å². The molecular weight excluding hydrogens is 196 g/mol. The average Bonchev–Trinajstić information content (AvgIpc) is 2.19. The van der Waals surface area contributed by atoms with Gasteiger partial charge in [-0.2, -0.15) is 0 Å². The van der Waals surface area contributed by atoms with Crippen molar-refractivity contribution in [3.05, 3.63) is 0 Å². The average molecular weight is 218 g/mol. The molecule has 5 heteroatoms.